The summed E-state index contributed by atoms with van der Waals surface area (Å²) < 4.78 is 13.0. The fourth-order valence-corrected chi connectivity index (χ4v) is 4.10. The molecule has 0 aliphatic carbocycles. The van der Waals surface area contributed by atoms with Gasteiger partial charge in [-0.2, -0.15) is 11.3 Å². The van der Waals surface area contributed by atoms with Crippen LogP contribution in [0.2, 0.25) is 0 Å². The molecular weight excluding hydrogens is 335 g/mol. The maximum absolute atomic E-state index is 13.0. The highest BCUT2D eigenvalue weighted by molar-refractivity contribution is 7.07. The first-order chi connectivity index (χ1) is 12.2. The Morgan fingerprint density at radius 3 is 2.48 bits per heavy atom. The van der Waals surface area contributed by atoms with Gasteiger partial charge in [0.25, 0.3) is 0 Å². The van der Waals surface area contributed by atoms with Gasteiger partial charge < -0.3 is 5.32 Å². The van der Waals surface area contributed by atoms with E-state index < -0.39 is 0 Å². The highest BCUT2D eigenvalue weighted by atomic mass is 32.1. The van der Waals surface area contributed by atoms with E-state index >= 15 is 0 Å². The topological polar surface area (TPSA) is 32.3 Å². The molecule has 0 saturated carbocycles. The van der Waals surface area contributed by atoms with Gasteiger partial charge in [0.1, 0.15) is 5.82 Å². The number of amides is 1. The van der Waals surface area contributed by atoms with Crippen LogP contribution >= 0.6 is 11.3 Å². The number of carbonyl (C=O) groups is 1. The van der Waals surface area contributed by atoms with E-state index in [9.17, 15) is 9.18 Å². The Morgan fingerprint density at radius 1 is 1.12 bits per heavy atom. The summed E-state index contributed by atoms with van der Waals surface area (Å²) in [5, 5.41) is 7.36. The van der Waals surface area contributed by atoms with Crippen LogP contribution in [0.15, 0.2) is 41.1 Å². The summed E-state index contributed by atoms with van der Waals surface area (Å²) in [4.78, 5) is 14.8. The summed E-state index contributed by atoms with van der Waals surface area (Å²) in [5.41, 5.74) is 2.12. The molecule has 3 rings (SSSR count). The van der Waals surface area contributed by atoms with Crippen molar-refractivity contribution in [2.45, 2.75) is 38.1 Å². The number of thiophene rings is 1. The van der Waals surface area contributed by atoms with Gasteiger partial charge in [-0.15, -0.1) is 0 Å². The van der Waals surface area contributed by atoms with Gasteiger partial charge in [0.2, 0.25) is 5.91 Å². The normalized spacial score (nSPS) is 17.0. The number of rotatable bonds is 6. The van der Waals surface area contributed by atoms with Crippen molar-refractivity contribution in [2.75, 3.05) is 19.6 Å². The molecule has 0 radical (unpaired) electrons. The molecule has 134 valence electrons. The third-order valence-electron chi connectivity index (χ3n) is 4.78. The zero-order valence-electron chi connectivity index (χ0n) is 14.4. The van der Waals surface area contributed by atoms with Crippen LogP contribution in [0, 0.1) is 5.82 Å². The average molecular weight is 360 g/mol. The van der Waals surface area contributed by atoms with E-state index in [0.717, 1.165) is 18.7 Å². The zero-order valence-corrected chi connectivity index (χ0v) is 15.2. The molecule has 1 aromatic heterocycles. The summed E-state index contributed by atoms with van der Waals surface area (Å²) in [6.07, 6.45) is 5.33. The highest BCUT2D eigenvalue weighted by Crippen LogP contribution is 2.25. The summed E-state index contributed by atoms with van der Waals surface area (Å²) in [6.45, 7) is 2.81. The molecule has 1 aliphatic heterocycles. The predicted molar refractivity (Wildman–Crippen MR) is 100 cm³/mol. The number of halogens is 1. The fraction of sp³-hybridized carbons (Fsp3) is 0.450. The minimum atomic E-state index is -0.275. The lowest BCUT2D eigenvalue weighted by atomic mass is 10.1. The molecule has 1 N–H and O–H groups in total. The first kappa shape index (κ1) is 18.1. The predicted octanol–water partition coefficient (Wildman–Crippen LogP) is 4.16. The minimum absolute atomic E-state index is 0.0124. The maximum atomic E-state index is 13.0. The molecule has 0 bridgehead atoms. The lowest BCUT2D eigenvalue weighted by Gasteiger charge is -2.30. The van der Waals surface area contributed by atoms with E-state index in [4.69, 9.17) is 0 Å². The second-order valence-electron chi connectivity index (χ2n) is 6.63. The zero-order chi connectivity index (χ0) is 17.5. The van der Waals surface area contributed by atoms with Crippen LogP contribution in [0.4, 0.5) is 4.39 Å². The number of nitrogens with zero attached hydrogens (tertiary/aromatic N) is 1. The van der Waals surface area contributed by atoms with Gasteiger partial charge in [-0.3, -0.25) is 9.69 Å². The van der Waals surface area contributed by atoms with Gasteiger partial charge >= 0.3 is 0 Å². The Hall–Kier alpha value is -1.72. The van der Waals surface area contributed by atoms with Crippen molar-refractivity contribution in [2.24, 2.45) is 0 Å². The van der Waals surface area contributed by atoms with Gasteiger partial charge in [-0.25, -0.2) is 4.39 Å². The number of benzene rings is 1. The van der Waals surface area contributed by atoms with Gasteiger partial charge in [-0.1, -0.05) is 25.0 Å². The minimum Gasteiger partial charge on any atom is -0.354 e. The van der Waals surface area contributed by atoms with E-state index in [1.165, 1.54) is 43.4 Å². The SMILES string of the molecule is O=C(Cc1ccc(F)cc1)NC[C@H](c1ccsc1)N1CCCCCC1. The lowest BCUT2D eigenvalue weighted by Crippen LogP contribution is -2.39. The van der Waals surface area contributed by atoms with Crippen molar-refractivity contribution >= 4 is 17.2 Å². The van der Waals surface area contributed by atoms with Crippen LogP contribution in [0.1, 0.15) is 42.9 Å². The average Bonchev–Trinajstić information content (AvgIpc) is 3.00. The quantitative estimate of drug-likeness (QED) is 0.839. The van der Waals surface area contributed by atoms with E-state index in [0.29, 0.717) is 6.54 Å². The third kappa shape index (κ3) is 5.38. The van der Waals surface area contributed by atoms with Gasteiger partial charge in [0.15, 0.2) is 0 Å². The standard InChI is InChI=1S/C20H25FN2OS/c21-18-7-5-16(6-8-18)13-20(24)22-14-19(17-9-12-25-15-17)23-10-3-1-2-4-11-23/h5-9,12,15,19H,1-4,10-11,13-14H2,(H,22,24)/t19-/m1/s1. The second-order valence-corrected chi connectivity index (χ2v) is 7.41. The Bertz CT molecular complexity index is 649. The van der Waals surface area contributed by atoms with Crippen LogP contribution in [0.3, 0.4) is 0 Å². The molecule has 3 nitrogen and oxygen atoms in total. The molecular formula is C20H25FN2OS. The molecule has 2 heterocycles. The smallest absolute Gasteiger partial charge is 0.224 e. The monoisotopic (exact) mass is 360 g/mol. The third-order valence-corrected chi connectivity index (χ3v) is 5.48. The van der Waals surface area contributed by atoms with Gasteiger partial charge in [-0.05, 0) is 66.0 Å². The Labute approximate surface area is 152 Å². The summed E-state index contributed by atoms with van der Waals surface area (Å²) in [7, 11) is 0. The van der Waals surface area contributed by atoms with Crippen molar-refractivity contribution in [3.05, 3.63) is 58.0 Å². The second kappa shape index (κ2) is 9.11. The Balaban J connectivity index is 1.60. The van der Waals surface area contributed by atoms with Crippen LogP contribution in [-0.2, 0) is 11.2 Å². The number of nitrogens with one attached hydrogen (secondary N) is 1. The summed E-state index contributed by atoms with van der Waals surface area (Å²) in [6, 6.07) is 8.52. The van der Waals surface area contributed by atoms with E-state index in [-0.39, 0.29) is 24.2 Å². The Morgan fingerprint density at radius 2 is 1.84 bits per heavy atom. The van der Waals surface area contributed by atoms with Gasteiger partial charge in [0, 0.05) is 6.54 Å². The highest BCUT2D eigenvalue weighted by Gasteiger charge is 2.22. The fourth-order valence-electron chi connectivity index (χ4n) is 3.39. The first-order valence-corrected chi connectivity index (χ1v) is 9.94. The number of likely N-dealkylation sites (tertiary alicyclic amines) is 1. The van der Waals surface area contributed by atoms with E-state index in [1.807, 2.05) is 0 Å². The van der Waals surface area contributed by atoms with Gasteiger partial charge in [0.05, 0.1) is 12.5 Å². The maximum Gasteiger partial charge on any atom is 0.224 e. The molecule has 5 heteroatoms. The summed E-state index contributed by atoms with van der Waals surface area (Å²) >= 11 is 1.70. The van der Waals surface area contributed by atoms with E-state index in [2.05, 4.69) is 27.0 Å². The number of carbonyl (C=O) groups excluding carboxylic acids is 1. The molecule has 1 fully saturated rings. The number of hydrogen-bond acceptors (Lipinski definition) is 3. The molecule has 2 aromatic rings. The van der Waals surface area contributed by atoms with Crippen LogP contribution in [0.25, 0.3) is 0 Å². The van der Waals surface area contributed by atoms with Crippen molar-refractivity contribution in [3.8, 4) is 0 Å². The van der Waals surface area contributed by atoms with Crippen molar-refractivity contribution < 1.29 is 9.18 Å². The van der Waals surface area contributed by atoms with E-state index in [1.54, 1.807) is 23.5 Å². The largest absolute Gasteiger partial charge is 0.354 e. The molecule has 0 spiro atoms. The van der Waals surface area contributed by atoms with Crippen molar-refractivity contribution in [3.63, 3.8) is 0 Å². The van der Waals surface area contributed by atoms with Crippen LogP contribution in [0.5, 0.6) is 0 Å². The molecule has 1 aliphatic rings. The molecule has 1 aromatic carbocycles. The molecule has 25 heavy (non-hydrogen) atoms. The molecule has 1 saturated heterocycles. The number of hydrogen-bond donors (Lipinski definition) is 1. The summed E-state index contributed by atoms with van der Waals surface area (Å²) in [5.74, 6) is -0.287. The van der Waals surface area contributed by atoms with Crippen molar-refractivity contribution in [1.82, 2.24) is 10.2 Å². The van der Waals surface area contributed by atoms with Crippen molar-refractivity contribution in [1.29, 1.82) is 0 Å². The van der Waals surface area contributed by atoms with Crippen LogP contribution < -0.4 is 5.32 Å². The molecule has 1 atom stereocenters. The van der Waals surface area contributed by atoms with Crippen LogP contribution in [-0.4, -0.2) is 30.4 Å². The molecule has 0 unspecified atom stereocenters. The molecule has 1 amide bonds. The first-order valence-electron chi connectivity index (χ1n) is 8.99. The Kier molecular flexibility index (Phi) is 6.59. The lowest BCUT2D eigenvalue weighted by molar-refractivity contribution is -0.120.